The number of pyridine rings is 1. The maximum absolute atomic E-state index is 4.72. The zero-order chi connectivity index (χ0) is 17.1. The van der Waals surface area contributed by atoms with E-state index < -0.39 is 0 Å². The van der Waals surface area contributed by atoms with Crippen LogP contribution >= 0.6 is 0 Å². The van der Waals surface area contributed by atoms with E-state index >= 15 is 0 Å². The molecule has 0 aromatic carbocycles. The third-order valence-electron chi connectivity index (χ3n) is 4.25. The van der Waals surface area contributed by atoms with Gasteiger partial charge in [-0.25, -0.2) is 19.9 Å². The maximum atomic E-state index is 4.72. The van der Waals surface area contributed by atoms with Gasteiger partial charge in [-0.15, -0.1) is 0 Å². The molecule has 0 amide bonds. The predicted molar refractivity (Wildman–Crippen MR) is 96.5 cm³/mol. The molecule has 3 aromatic rings. The van der Waals surface area contributed by atoms with E-state index in [0.717, 1.165) is 55.0 Å². The predicted octanol–water partition coefficient (Wildman–Crippen LogP) is 1.96. The van der Waals surface area contributed by atoms with Crippen molar-refractivity contribution in [3.05, 3.63) is 54.7 Å². The molecule has 1 aliphatic heterocycles. The molecule has 0 spiro atoms. The molecule has 25 heavy (non-hydrogen) atoms. The van der Waals surface area contributed by atoms with E-state index in [1.165, 1.54) is 0 Å². The minimum absolute atomic E-state index is 0.763. The fraction of sp³-hybridized carbons (Fsp3) is 0.278. The maximum Gasteiger partial charge on any atom is 0.225 e. The quantitative estimate of drug-likeness (QED) is 0.725. The second kappa shape index (κ2) is 6.80. The van der Waals surface area contributed by atoms with Gasteiger partial charge in [0.1, 0.15) is 0 Å². The summed E-state index contributed by atoms with van der Waals surface area (Å²) in [7, 11) is 0. The average molecular weight is 333 g/mol. The van der Waals surface area contributed by atoms with Gasteiger partial charge in [0, 0.05) is 62.2 Å². The lowest BCUT2D eigenvalue weighted by atomic mass is 10.2. The average Bonchev–Trinajstić information content (AvgIpc) is 2.69. The molecule has 0 atom stereocenters. The highest BCUT2D eigenvalue weighted by atomic mass is 15.3. The van der Waals surface area contributed by atoms with Crippen LogP contribution in [0.1, 0.15) is 5.69 Å². The van der Waals surface area contributed by atoms with Crippen LogP contribution in [0.15, 0.2) is 49.1 Å². The minimum Gasteiger partial charge on any atom is -0.337 e. The largest absolute Gasteiger partial charge is 0.337 e. The second-order valence-electron chi connectivity index (χ2n) is 5.95. The van der Waals surface area contributed by atoms with Gasteiger partial charge in [0.15, 0.2) is 0 Å². The highest BCUT2D eigenvalue weighted by Crippen LogP contribution is 2.19. The molecular weight excluding hydrogens is 314 g/mol. The molecule has 1 aliphatic rings. The fourth-order valence-corrected chi connectivity index (χ4v) is 2.88. The summed E-state index contributed by atoms with van der Waals surface area (Å²) in [6.45, 7) is 5.38. The number of anilines is 2. The van der Waals surface area contributed by atoms with Crippen molar-refractivity contribution >= 4 is 11.9 Å². The van der Waals surface area contributed by atoms with Gasteiger partial charge in [0.2, 0.25) is 11.9 Å². The summed E-state index contributed by atoms with van der Waals surface area (Å²) in [6, 6.07) is 7.76. The van der Waals surface area contributed by atoms with Crippen LogP contribution in [-0.2, 0) is 0 Å². The normalized spacial score (nSPS) is 14.6. The van der Waals surface area contributed by atoms with Crippen LogP contribution in [0, 0.1) is 6.92 Å². The molecule has 0 aliphatic carbocycles. The van der Waals surface area contributed by atoms with Gasteiger partial charge in [0.25, 0.3) is 0 Å². The van der Waals surface area contributed by atoms with E-state index in [-0.39, 0.29) is 0 Å². The SMILES string of the molecule is Cc1ccnc(N2CCN(c3nccc(-c4ccncc4)n3)CC2)n1. The molecule has 4 heterocycles. The number of nitrogens with zero attached hydrogens (tertiary/aromatic N) is 7. The lowest BCUT2D eigenvalue weighted by Crippen LogP contribution is -2.47. The van der Waals surface area contributed by atoms with Crippen molar-refractivity contribution < 1.29 is 0 Å². The Bertz CT molecular complexity index is 845. The van der Waals surface area contributed by atoms with Crippen LogP contribution in [0.3, 0.4) is 0 Å². The Hall–Kier alpha value is -3.09. The molecule has 0 saturated carbocycles. The van der Waals surface area contributed by atoms with Gasteiger partial charge >= 0.3 is 0 Å². The fourth-order valence-electron chi connectivity index (χ4n) is 2.88. The number of hydrogen-bond donors (Lipinski definition) is 0. The Labute approximate surface area is 146 Å². The third-order valence-corrected chi connectivity index (χ3v) is 4.25. The van der Waals surface area contributed by atoms with Crippen molar-refractivity contribution in [2.45, 2.75) is 6.92 Å². The zero-order valence-corrected chi connectivity index (χ0v) is 14.1. The van der Waals surface area contributed by atoms with E-state index in [0.29, 0.717) is 0 Å². The first-order valence-electron chi connectivity index (χ1n) is 8.32. The smallest absolute Gasteiger partial charge is 0.225 e. The van der Waals surface area contributed by atoms with Crippen molar-refractivity contribution in [3.8, 4) is 11.3 Å². The minimum atomic E-state index is 0.763. The zero-order valence-electron chi connectivity index (χ0n) is 14.1. The molecule has 0 bridgehead atoms. The summed E-state index contributed by atoms with van der Waals surface area (Å²) < 4.78 is 0. The van der Waals surface area contributed by atoms with Crippen molar-refractivity contribution in [2.75, 3.05) is 36.0 Å². The molecule has 7 nitrogen and oxygen atoms in total. The molecule has 126 valence electrons. The van der Waals surface area contributed by atoms with Gasteiger partial charge in [-0.3, -0.25) is 4.98 Å². The van der Waals surface area contributed by atoms with Gasteiger partial charge in [0.05, 0.1) is 5.69 Å². The van der Waals surface area contributed by atoms with E-state index in [9.17, 15) is 0 Å². The van der Waals surface area contributed by atoms with Gasteiger partial charge in [-0.05, 0) is 31.2 Å². The number of piperazine rings is 1. The van der Waals surface area contributed by atoms with Crippen molar-refractivity contribution in [1.29, 1.82) is 0 Å². The highest BCUT2D eigenvalue weighted by molar-refractivity contribution is 5.59. The Morgan fingerprint density at radius 1 is 0.720 bits per heavy atom. The first-order chi connectivity index (χ1) is 12.3. The molecule has 4 rings (SSSR count). The van der Waals surface area contributed by atoms with Crippen molar-refractivity contribution in [1.82, 2.24) is 24.9 Å². The summed E-state index contributed by atoms with van der Waals surface area (Å²) >= 11 is 0. The first kappa shape index (κ1) is 15.4. The summed E-state index contributed by atoms with van der Waals surface area (Å²) in [5.41, 5.74) is 2.95. The number of hydrogen-bond acceptors (Lipinski definition) is 7. The molecule has 7 heteroatoms. The van der Waals surface area contributed by atoms with Gasteiger partial charge in [-0.2, -0.15) is 0 Å². The number of aryl methyl sites for hydroxylation is 1. The molecule has 1 saturated heterocycles. The van der Waals surface area contributed by atoms with Gasteiger partial charge < -0.3 is 9.80 Å². The Morgan fingerprint density at radius 2 is 1.32 bits per heavy atom. The Balaban J connectivity index is 1.48. The van der Waals surface area contributed by atoms with Crippen LogP contribution < -0.4 is 9.80 Å². The number of rotatable bonds is 3. The van der Waals surface area contributed by atoms with Crippen molar-refractivity contribution in [2.24, 2.45) is 0 Å². The monoisotopic (exact) mass is 333 g/mol. The number of aromatic nitrogens is 5. The summed E-state index contributed by atoms with van der Waals surface area (Å²) in [5, 5.41) is 0. The third kappa shape index (κ3) is 3.40. The Kier molecular flexibility index (Phi) is 4.20. The van der Waals surface area contributed by atoms with Crippen LogP contribution in [-0.4, -0.2) is 51.1 Å². The van der Waals surface area contributed by atoms with Gasteiger partial charge in [-0.1, -0.05) is 0 Å². The van der Waals surface area contributed by atoms with E-state index in [1.807, 2.05) is 43.6 Å². The van der Waals surface area contributed by atoms with E-state index in [4.69, 9.17) is 4.98 Å². The molecular formula is C18H19N7. The lowest BCUT2D eigenvalue weighted by Gasteiger charge is -2.34. The molecule has 3 aromatic heterocycles. The topological polar surface area (TPSA) is 70.9 Å². The Morgan fingerprint density at radius 3 is 1.96 bits per heavy atom. The van der Waals surface area contributed by atoms with Crippen LogP contribution in [0.2, 0.25) is 0 Å². The van der Waals surface area contributed by atoms with E-state index in [1.54, 1.807) is 12.4 Å². The van der Waals surface area contributed by atoms with E-state index in [2.05, 4.69) is 29.7 Å². The molecule has 1 fully saturated rings. The van der Waals surface area contributed by atoms with Crippen molar-refractivity contribution in [3.63, 3.8) is 0 Å². The van der Waals surface area contributed by atoms with Crippen LogP contribution in [0.25, 0.3) is 11.3 Å². The summed E-state index contributed by atoms with van der Waals surface area (Å²) in [6.07, 6.45) is 7.18. The molecule has 0 N–H and O–H groups in total. The summed E-state index contributed by atoms with van der Waals surface area (Å²) in [4.78, 5) is 26.5. The first-order valence-corrected chi connectivity index (χ1v) is 8.32. The van der Waals surface area contributed by atoms with Crippen LogP contribution in [0.4, 0.5) is 11.9 Å². The lowest BCUT2D eigenvalue weighted by molar-refractivity contribution is 0.627. The standard InChI is InChI=1S/C18H19N7/c1-14-2-8-20-17(22-14)24-10-12-25(13-11-24)18-21-9-5-16(23-18)15-3-6-19-7-4-15/h2-9H,10-13H2,1H3. The molecule has 0 unspecified atom stereocenters. The highest BCUT2D eigenvalue weighted by Gasteiger charge is 2.21. The second-order valence-corrected chi connectivity index (χ2v) is 5.95. The molecule has 0 radical (unpaired) electrons. The van der Waals surface area contributed by atoms with Crippen LogP contribution in [0.5, 0.6) is 0 Å². The summed E-state index contributed by atoms with van der Waals surface area (Å²) in [5.74, 6) is 1.56.